The maximum Gasteiger partial charge on any atom is 0.223 e. The highest BCUT2D eigenvalue weighted by atomic mass is 16.2. The van der Waals surface area contributed by atoms with Gasteiger partial charge in [-0.2, -0.15) is 0 Å². The first-order chi connectivity index (χ1) is 6.43. The zero-order chi connectivity index (χ0) is 10.8. The molecular weight excluding hydrogens is 176 g/mol. The summed E-state index contributed by atoms with van der Waals surface area (Å²) in [5.74, 6) is 0.252. The zero-order valence-corrected chi connectivity index (χ0v) is 9.76. The number of hydrogen-bond acceptors (Lipinski definition) is 2. The molecule has 1 fully saturated rings. The van der Waals surface area contributed by atoms with Crippen LogP contribution in [0.3, 0.4) is 0 Å². The molecule has 0 aromatic heterocycles. The Balaban J connectivity index is 2.52. The largest absolute Gasteiger partial charge is 0.349 e. The van der Waals surface area contributed by atoms with Crippen LogP contribution in [0, 0.1) is 5.92 Å². The Morgan fingerprint density at radius 2 is 2.14 bits per heavy atom. The van der Waals surface area contributed by atoms with Crippen molar-refractivity contribution in [3.63, 3.8) is 0 Å². The van der Waals surface area contributed by atoms with Crippen molar-refractivity contribution in [2.24, 2.45) is 5.92 Å². The molecular formula is C11H22N2O. The topological polar surface area (TPSA) is 32.3 Å². The summed E-state index contributed by atoms with van der Waals surface area (Å²) in [6.45, 7) is 8.12. The second-order valence-corrected chi connectivity index (χ2v) is 5.05. The van der Waals surface area contributed by atoms with Gasteiger partial charge in [0, 0.05) is 18.0 Å². The molecule has 1 atom stereocenters. The molecule has 0 aromatic carbocycles. The van der Waals surface area contributed by atoms with Gasteiger partial charge in [-0.05, 0) is 33.4 Å². The van der Waals surface area contributed by atoms with Gasteiger partial charge in [-0.3, -0.25) is 4.79 Å². The molecule has 0 saturated carbocycles. The smallest absolute Gasteiger partial charge is 0.223 e. The van der Waals surface area contributed by atoms with Gasteiger partial charge in [0.2, 0.25) is 5.91 Å². The molecule has 0 aliphatic carbocycles. The van der Waals surface area contributed by atoms with Crippen molar-refractivity contribution in [3.05, 3.63) is 0 Å². The number of nitrogens with one attached hydrogen (secondary N) is 1. The van der Waals surface area contributed by atoms with E-state index in [1.165, 1.54) is 6.42 Å². The predicted molar refractivity (Wildman–Crippen MR) is 58.1 cm³/mol. The molecule has 0 bridgehead atoms. The quantitative estimate of drug-likeness (QED) is 0.724. The molecule has 0 radical (unpaired) electrons. The van der Waals surface area contributed by atoms with E-state index < -0.39 is 0 Å². The van der Waals surface area contributed by atoms with Gasteiger partial charge in [0.05, 0.1) is 0 Å². The summed E-state index contributed by atoms with van der Waals surface area (Å²) in [5, 5.41) is 3.14. The van der Waals surface area contributed by atoms with Gasteiger partial charge in [-0.15, -0.1) is 0 Å². The van der Waals surface area contributed by atoms with E-state index >= 15 is 0 Å². The third-order valence-corrected chi connectivity index (χ3v) is 2.84. The molecule has 1 unspecified atom stereocenters. The van der Waals surface area contributed by atoms with Gasteiger partial charge in [0.25, 0.3) is 0 Å². The molecule has 1 rings (SSSR count). The van der Waals surface area contributed by atoms with E-state index in [-0.39, 0.29) is 17.4 Å². The van der Waals surface area contributed by atoms with Crippen molar-refractivity contribution in [2.75, 3.05) is 20.1 Å². The average Bonchev–Trinajstić information content (AvgIpc) is 2.02. The summed E-state index contributed by atoms with van der Waals surface area (Å²) in [5.41, 5.74) is -0.0195. The van der Waals surface area contributed by atoms with Crippen molar-refractivity contribution >= 4 is 5.91 Å². The molecule has 0 spiro atoms. The van der Waals surface area contributed by atoms with Crippen molar-refractivity contribution in [3.8, 4) is 0 Å². The lowest BCUT2D eigenvalue weighted by atomic mass is 9.91. The fraction of sp³-hybridized carbons (Fsp3) is 0.909. The maximum absolute atomic E-state index is 11.6. The number of likely N-dealkylation sites (tertiary alicyclic amines) is 1. The molecule has 82 valence electrons. The first-order valence-corrected chi connectivity index (χ1v) is 5.43. The zero-order valence-electron chi connectivity index (χ0n) is 9.76. The number of carbonyl (C=O) groups excluding carboxylic acids is 1. The lowest BCUT2D eigenvalue weighted by Crippen LogP contribution is -2.56. The van der Waals surface area contributed by atoms with E-state index in [2.05, 4.69) is 24.2 Å². The van der Waals surface area contributed by atoms with Gasteiger partial charge in [-0.1, -0.05) is 13.8 Å². The van der Waals surface area contributed by atoms with Gasteiger partial charge >= 0.3 is 0 Å². The average molecular weight is 198 g/mol. The van der Waals surface area contributed by atoms with Crippen LogP contribution < -0.4 is 5.32 Å². The Bertz CT molecular complexity index is 215. The lowest BCUT2D eigenvalue weighted by molar-refractivity contribution is -0.126. The van der Waals surface area contributed by atoms with Gasteiger partial charge < -0.3 is 10.2 Å². The Morgan fingerprint density at radius 3 is 2.64 bits per heavy atom. The fourth-order valence-corrected chi connectivity index (χ4v) is 2.04. The van der Waals surface area contributed by atoms with Crippen LogP contribution in [0.5, 0.6) is 0 Å². The third kappa shape index (κ3) is 2.98. The maximum atomic E-state index is 11.6. The lowest BCUT2D eigenvalue weighted by Gasteiger charge is -2.39. The number of rotatable bonds is 2. The minimum atomic E-state index is -0.0195. The SMILES string of the molecule is CC(C)C(=O)NC1(C)CCCN(C)C1. The van der Waals surface area contributed by atoms with Crippen molar-refractivity contribution < 1.29 is 4.79 Å². The summed E-state index contributed by atoms with van der Waals surface area (Å²) in [7, 11) is 2.11. The fourth-order valence-electron chi connectivity index (χ4n) is 2.04. The number of piperidine rings is 1. The summed E-state index contributed by atoms with van der Waals surface area (Å²) >= 11 is 0. The second-order valence-electron chi connectivity index (χ2n) is 5.05. The Hall–Kier alpha value is -0.570. The molecule has 1 amide bonds. The molecule has 3 heteroatoms. The van der Waals surface area contributed by atoms with Gasteiger partial charge in [0.15, 0.2) is 0 Å². The van der Waals surface area contributed by atoms with Crippen LogP contribution in [0.4, 0.5) is 0 Å². The minimum absolute atomic E-state index is 0.0195. The predicted octanol–water partition coefficient (Wildman–Crippen LogP) is 1.24. The second kappa shape index (κ2) is 4.30. The summed E-state index contributed by atoms with van der Waals surface area (Å²) < 4.78 is 0. The molecule has 1 saturated heterocycles. The number of amides is 1. The minimum Gasteiger partial charge on any atom is -0.349 e. The Labute approximate surface area is 86.9 Å². The van der Waals surface area contributed by atoms with Crippen LogP contribution in [-0.4, -0.2) is 36.5 Å². The van der Waals surface area contributed by atoms with Crippen LogP contribution >= 0.6 is 0 Å². The van der Waals surface area contributed by atoms with E-state index in [1.807, 2.05) is 13.8 Å². The first kappa shape index (κ1) is 11.5. The molecule has 0 aromatic rings. The van der Waals surface area contributed by atoms with E-state index in [1.54, 1.807) is 0 Å². The molecule has 3 nitrogen and oxygen atoms in total. The van der Waals surface area contributed by atoms with Crippen molar-refractivity contribution in [1.82, 2.24) is 10.2 Å². The Morgan fingerprint density at radius 1 is 1.50 bits per heavy atom. The molecule has 1 aliphatic rings. The normalized spacial score (nSPS) is 29.2. The van der Waals surface area contributed by atoms with Crippen LogP contribution in [0.15, 0.2) is 0 Å². The number of likely N-dealkylation sites (N-methyl/N-ethyl adjacent to an activating group) is 1. The third-order valence-electron chi connectivity index (χ3n) is 2.84. The van der Waals surface area contributed by atoms with E-state index in [9.17, 15) is 4.79 Å². The van der Waals surface area contributed by atoms with Gasteiger partial charge in [0.1, 0.15) is 0 Å². The molecule has 1 heterocycles. The summed E-state index contributed by atoms with van der Waals surface area (Å²) in [6, 6.07) is 0. The first-order valence-electron chi connectivity index (χ1n) is 5.43. The monoisotopic (exact) mass is 198 g/mol. The standard InChI is InChI=1S/C11H22N2O/c1-9(2)10(14)12-11(3)6-5-7-13(4)8-11/h9H,5-8H2,1-4H3,(H,12,14). The van der Waals surface area contributed by atoms with Crippen LogP contribution in [0.2, 0.25) is 0 Å². The Kier molecular flexibility index (Phi) is 3.53. The van der Waals surface area contributed by atoms with E-state index in [0.717, 1.165) is 19.5 Å². The number of nitrogens with zero attached hydrogens (tertiary/aromatic N) is 1. The van der Waals surface area contributed by atoms with Crippen LogP contribution in [-0.2, 0) is 4.79 Å². The van der Waals surface area contributed by atoms with Crippen LogP contribution in [0.25, 0.3) is 0 Å². The highest BCUT2D eigenvalue weighted by Gasteiger charge is 2.31. The van der Waals surface area contributed by atoms with Gasteiger partial charge in [-0.25, -0.2) is 0 Å². The number of carbonyl (C=O) groups is 1. The number of hydrogen-bond donors (Lipinski definition) is 1. The molecule has 14 heavy (non-hydrogen) atoms. The molecule has 1 aliphatic heterocycles. The van der Waals surface area contributed by atoms with Crippen LogP contribution in [0.1, 0.15) is 33.6 Å². The van der Waals surface area contributed by atoms with Crippen molar-refractivity contribution in [2.45, 2.75) is 39.2 Å². The highest BCUT2D eigenvalue weighted by Crippen LogP contribution is 2.19. The van der Waals surface area contributed by atoms with E-state index in [4.69, 9.17) is 0 Å². The summed E-state index contributed by atoms with van der Waals surface area (Å²) in [6.07, 6.45) is 2.27. The summed E-state index contributed by atoms with van der Waals surface area (Å²) in [4.78, 5) is 13.9. The highest BCUT2D eigenvalue weighted by molar-refractivity contribution is 5.78. The van der Waals surface area contributed by atoms with Crippen molar-refractivity contribution in [1.29, 1.82) is 0 Å². The molecule has 1 N–H and O–H groups in total. The van der Waals surface area contributed by atoms with E-state index in [0.29, 0.717) is 0 Å².